The van der Waals surface area contributed by atoms with Crippen LogP contribution in [0.1, 0.15) is 30.8 Å². The van der Waals surface area contributed by atoms with E-state index in [9.17, 15) is 4.79 Å². The van der Waals surface area contributed by atoms with E-state index in [1.165, 1.54) is 0 Å². The molecular weight excluding hydrogens is 274 g/mol. The highest BCUT2D eigenvalue weighted by molar-refractivity contribution is 5.69. The summed E-state index contributed by atoms with van der Waals surface area (Å²) < 4.78 is 11.0. The number of carboxylic acids is 1. The number of carbonyl (C=O) groups is 1. The monoisotopic (exact) mass is 293 g/mol. The molecule has 0 spiro atoms. The van der Waals surface area contributed by atoms with E-state index in [0.717, 1.165) is 23.5 Å². The highest BCUT2D eigenvalue weighted by Gasteiger charge is 2.17. The molecule has 0 radical (unpaired) electrons. The lowest BCUT2D eigenvalue weighted by Crippen LogP contribution is -2.30. The third-order valence-corrected chi connectivity index (χ3v) is 3.00. The number of hydrogen-bond donors (Lipinski definition) is 1. The van der Waals surface area contributed by atoms with Crippen LogP contribution < -0.4 is 0 Å². The van der Waals surface area contributed by atoms with Crippen LogP contribution in [0.4, 0.5) is 0 Å². The topological polar surface area (TPSA) is 92.6 Å². The first-order valence-corrected chi connectivity index (χ1v) is 6.83. The van der Waals surface area contributed by atoms with Crippen molar-refractivity contribution >= 4 is 5.97 Å². The first kappa shape index (κ1) is 15.2. The van der Waals surface area contributed by atoms with Gasteiger partial charge in [-0.3, -0.25) is 9.69 Å². The molecule has 21 heavy (non-hydrogen) atoms. The quantitative estimate of drug-likeness (QED) is 0.836. The van der Waals surface area contributed by atoms with Crippen molar-refractivity contribution in [1.82, 2.24) is 15.1 Å². The number of nitrogens with zero attached hydrogens (tertiary/aromatic N) is 3. The summed E-state index contributed by atoms with van der Waals surface area (Å²) in [7, 11) is 0. The average Bonchev–Trinajstić information content (AvgIpc) is 2.95. The fourth-order valence-electron chi connectivity index (χ4n) is 2.18. The molecule has 2 heterocycles. The Morgan fingerprint density at radius 2 is 2.10 bits per heavy atom. The maximum absolute atomic E-state index is 10.8. The van der Waals surface area contributed by atoms with Crippen LogP contribution in [-0.4, -0.2) is 39.3 Å². The fraction of sp³-hybridized carbons (Fsp3) is 0.500. The van der Waals surface area contributed by atoms with Crippen LogP contribution in [0.25, 0.3) is 11.5 Å². The van der Waals surface area contributed by atoms with Crippen LogP contribution in [0.5, 0.6) is 0 Å². The molecular formula is C14H19N3O4. The van der Waals surface area contributed by atoms with Gasteiger partial charge in [0.05, 0.1) is 18.7 Å². The molecule has 0 unspecified atom stereocenters. The lowest BCUT2D eigenvalue weighted by molar-refractivity contribution is -0.138. The molecule has 7 heteroatoms. The Morgan fingerprint density at radius 3 is 2.67 bits per heavy atom. The molecule has 114 valence electrons. The first-order valence-electron chi connectivity index (χ1n) is 6.83. The predicted molar refractivity (Wildman–Crippen MR) is 74.7 cm³/mol. The molecule has 0 atom stereocenters. The fourth-order valence-corrected chi connectivity index (χ4v) is 2.18. The third kappa shape index (κ3) is 3.91. The van der Waals surface area contributed by atoms with Gasteiger partial charge in [-0.1, -0.05) is 6.92 Å². The number of hydrogen-bond acceptors (Lipinski definition) is 6. The molecule has 2 rings (SSSR count). The maximum Gasteiger partial charge on any atom is 0.317 e. The molecule has 0 aliphatic heterocycles. The number of carboxylic acid groups (broad SMARTS) is 1. The Balaban J connectivity index is 2.11. The van der Waals surface area contributed by atoms with Gasteiger partial charge >= 0.3 is 5.97 Å². The minimum absolute atomic E-state index is 0.0462. The van der Waals surface area contributed by atoms with E-state index in [-0.39, 0.29) is 6.54 Å². The summed E-state index contributed by atoms with van der Waals surface area (Å²) in [5.74, 6) is 1.42. The number of aliphatic carboxylic acids is 1. The molecule has 0 bridgehead atoms. The molecule has 0 aliphatic carbocycles. The van der Waals surface area contributed by atoms with Crippen molar-refractivity contribution in [2.75, 3.05) is 13.1 Å². The van der Waals surface area contributed by atoms with Crippen molar-refractivity contribution in [3.05, 3.63) is 23.5 Å². The summed E-state index contributed by atoms with van der Waals surface area (Å²) in [6.45, 7) is 6.61. The van der Waals surface area contributed by atoms with Crippen LogP contribution >= 0.6 is 0 Å². The highest BCUT2D eigenvalue weighted by atomic mass is 16.4. The lowest BCUT2D eigenvalue weighted by Gasteiger charge is -2.16. The summed E-state index contributed by atoms with van der Waals surface area (Å²) in [6.07, 6.45) is 0.855. The third-order valence-electron chi connectivity index (χ3n) is 3.00. The number of aryl methyl sites for hydroxylation is 2. The second kappa shape index (κ2) is 6.53. The maximum atomic E-state index is 10.8. The number of aromatic nitrogens is 2. The summed E-state index contributed by atoms with van der Waals surface area (Å²) >= 11 is 0. The summed E-state index contributed by atoms with van der Waals surface area (Å²) in [5, 5.41) is 16.9. The second-order valence-electron chi connectivity index (χ2n) is 4.93. The minimum atomic E-state index is -0.871. The summed E-state index contributed by atoms with van der Waals surface area (Å²) in [4.78, 5) is 12.6. The van der Waals surface area contributed by atoms with Crippen molar-refractivity contribution in [3.8, 4) is 11.5 Å². The molecule has 0 saturated heterocycles. The molecule has 0 aliphatic rings. The van der Waals surface area contributed by atoms with Crippen molar-refractivity contribution in [2.24, 2.45) is 0 Å². The molecule has 0 amide bonds. The molecule has 1 N–H and O–H groups in total. The zero-order valence-electron chi connectivity index (χ0n) is 12.4. The zero-order chi connectivity index (χ0) is 15.4. The van der Waals surface area contributed by atoms with E-state index >= 15 is 0 Å². The Bertz CT molecular complexity index is 618. The standard InChI is InChI=1S/C14H19N3O4/c1-4-5-17(8-13(18)19)7-12-15-16-14(21-12)11-6-9(2)20-10(11)3/h6H,4-5,7-8H2,1-3H3,(H,18,19). The van der Waals surface area contributed by atoms with Crippen LogP contribution in [0.2, 0.25) is 0 Å². The zero-order valence-corrected chi connectivity index (χ0v) is 12.4. The first-order chi connectivity index (χ1) is 9.99. The van der Waals surface area contributed by atoms with Crippen LogP contribution in [0, 0.1) is 13.8 Å². The summed E-state index contributed by atoms with van der Waals surface area (Å²) in [5.41, 5.74) is 0.770. The van der Waals surface area contributed by atoms with Gasteiger partial charge < -0.3 is 13.9 Å². The van der Waals surface area contributed by atoms with E-state index in [0.29, 0.717) is 24.9 Å². The number of rotatable bonds is 7. The van der Waals surface area contributed by atoms with Gasteiger partial charge in [-0.25, -0.2) is 0 Å². The van der Waals surface area contributed by atoms with Gasteiger partial charge in [-0.2, -0.15) is 0 Å². The number of furan rings is 1. The van der Waals surface area contributed by atoms with Crippen molar-refractivity contribution in [3.63, 3.8) is 0 Å². The van der Waals surface area contributed by atoms with Gasteiger partial charge in [-0.05, 0) is 32.9 Å². The van der Waals surface area contributed by atoms with E-state index < -0.39 is 5.97 Å². The van der Waals surface area contributed by atoms with E-state index in [4.69, 9.17) is 13.9 Å². The average molecular weight is 293 g/mol. The van der Waals surface area contributed by atoms with Crippen molar-refractivity contribution in [2.45, 2.75) is 33.7 Å². The normalized spacial score (nSPS) is 11.2. The van der Waals surface area contributed by atoms with Gasteiger partial charge in [0.15, 0.2) is 0 Å². The van der Waals surface area contributed by atoms with Gasteiger partial charge in [0.1, 0.15) is 11.5 Å². The van der Waals surface area contributed by atoms with Crippen LogP contribution in [0.3, 0.4) is 0 Å². The SMILES string of the molecule is CCCN(CC(=O)O)Cc1nnc(-c2cc(C)oc2C)o1. The highest BCUT2D eigenvalue weighted by Crippen LogP contribution is 2.25. The Labute approximate surface area is 122 Å². The van der Waals surface area contributed by atoms with Gasteiger partial charge in [0.2, 0.25) is 5.89 Å². The Morgan fingerprint density at radius 1 is 1.33 bits per heavy atom. The molecule has 2 aromatic heterocycles. The van der Waals surface area contributed by atoms with Gasteiger partial charge in [0.25, 0.3) is 5.89 Å². The van der Waals surface area contributed by atoms with Crippen LogP contribution in [0.15, 0.2) is 14.9 Å². The minimum Gasteiger partial charge on any atom is -0.480 e. The van der Waals surface area contributed by atoms with Crippen LogP contribution in [-0.2, 0) is 11.3 Å². The molecule has 2 aromatic rings. The van der Waals surface area contributed by atoms with E-state index in [1.54, 1.807) is 4.90 Å². The Hall–Kier alpha value is -2.15. The van der Waals surface area contributed by atoms with Gasteiger partial charge in [0, 0.05) is 0 Å². The van der Waals surface area contributed by atoms with E-state index in [2.05, 4.69) is 10.2 Å². The van der Waals surface area contributed by atoms with Crippen molar-refractivity contribution < 1.29 is 18.7 Å². The molecule has 7 nitrogen and oxygen atoms in total. The van der Waals surface area contributed by atoms with E-state index in [1.807, 2.05) is 26.8 Å². The molecule has 0 fully saturated rings. The predicted octanol–water partition coefficient (Wildman–Crippen LogP) is 2.24. The largest absolute Gasteiger partial charge is 0.480 e. The smallest absolute Gasteiger partial charge is 0.317 e. The van der Waals surface area contributed by atoms with Crippen molar-refractivity contribution in [1.29, 1.82) is 0 Å². The Kier molecular flexibility index (Phi) is 4.74. The lowest BCUT2D eigenvalue weighted by atomic mass is 10.2. The van der Waals surface area contributed by atoms with Gasteiger partial charge in [-0.15, -0.1) is 10.2 Å². The second-order valence-corrected chi connectivity index (χ2v) is 4.93. The summed E-state index contributed by atoms with van der Waals surface area (Å²) in [6, 6.07) is 1.84. The molecule has 0 aromatic carbocycles. The molecule has 0 saturated carbocycles.